The van der Waals surface area contributed by atoms with Crippen LogP contribution in [0.5, 0.6) is 5.75 Å². The molecule has 26 heavy (non-hydrogen) atoms. The third-order valence-corrected chi connectivity index (χ3v) is 5.63. The molecule has 1 aliphatic heterocycles. The van der Waals surface area contributed by atoms with Crippen LogP contribution in [0.4, 0.5) is 0 Å². The van der Waals surface area contributed by atoms with Gasteiger partial charge < -0.3 is 10.1 Å². The van der Waals surface area contributed by atoms with Crippen LogP contribution in [0.1, 0.15) is 47.8 Å². The van der Waals surface area contributed by atoms with Crippen molar-refractivity contribution >= 4 is 0 Å². The molecule has 1 saturated heterocycles. The Morgan fingerprint density at radius 1 is 1.12 bits per heavy atom. The number of piperidine rings is 1. The second-order valence-corrected chi connectivity index (χ2v) is 7.29. The first-order valence-electron chi connectivity index (χ1n) is 9.68. The summed E-state index contributed by atoms with van der Waals surface area (Å²) in [5, 5.41) is 8.22. The summed E-state index contributed by atoms with van der Waals surface area (Å²) in [5.41, 5.74) is 5.05. The number of nitrogens with zero attached hydrogens (tertiary/aromatic N) is 3. The molecule has 1 aromatic carbocycles. The van der Waals surface area contributed by atoms with E-state index in [4.69, 9.17) is 4.74 Å². The fraction of sp³-hybridized carbons (Fsp3) is 0.571. The van der Waals surface area contributed by atoms with Crippen molar-refractivity contribution in [3.05, 3.63) is 46.8 Å². The van der Waals surface area contributed by atoms with Gasteiger partial charge in [-0.15, -0.1) is 0 Å². The summed E-state index contributed by atoms with van der Waals surface area (Å²) in [7, 11) is 3.73. The highest BCUT2D eigenvalue weighted by Gasteiger charge is 2.22. The van der Waals surface area contributed by atoms with Crippen LogP contribution in [-0.2, 0) is 13.6 Å². The molecule has 1 aliphatic rings. The molecule has 1 fully saturated rings. The Labute approximate surface area is 157 Å². The minimum absolute atomic E-state index is 0.401. The molecule has 5 heteroatoms. The maximum absolute atomic E-state index is 5.32. The summed E-state index contributed by atoms with van der Waals surface area (Å²) < 4.78 is 7.29. The maximum Gasteiger partial charge on any atom is 0.118 e. The number of hydrogen-bond donors (Lipinski definition) is 1. The highest BCUT2D eigenvalue weighted by molar-refractivity contribution is 5.30. The van der Waals surface area contributed by atoms with Crippen molar-refractivity contribution in [2.45, 2.75) is 45.7 Å². The van der Waals surface area contributed by atoms with Crippen LogP contribution >= 0.6 is 0 Å². The van der Waals surface area contributed by atoms with Gasteiger partial charge in [-0.05, 0) is 57.5 Å². The smallest absolute Gasteiger partial charge is 0.118 e. The van der Waals surface area contributed by atoms with Gasteiger partial charge in [0.05, 0.1) is 12.8 Å². The van der Waals surface area contributed by atoms with E-state index >= 15 is 0 Å². The van der Waals surface area contributed by atoms with E-state index in [1.807, 2.05) is 11.7 Å². The maximum atomic E-state index is 5.32. The molecular weight excluding hydrogens is 324 g/mol. The molecule has 5 nitrogen and oxygen atoms in total. The molecule has 1 atom stereocenters. The molecule has 2 aromatic rings. The Kier molecular flexibility index (Phi) is 6.33. The van der Waals surface area contributed by atoms with Crippen molar-refractivity contribution in [1.29, 1.82) is 0 Å². The van der Waals surface area contributed by atoms with Gasteiger partial charge >= 0.3 is 0 Å². The Morgan fingerprint density at radius 2 is 1.81 bits per heavy atom. The molecule has 142 valence electrons. The van der Waals surface area contributed by atoms with E-state index in [1.54, 1.807) is 7.11 Å². The average molecular weight is 357 g/mol. The Balaban J connectivity index is 1.70. The molecule has 0 amide bonds. The van der Waals surface area contributed by atoms with E-state index < -0.39 is 0 Å². The molecular formula is C21H32N4O. The molecule has 2 heterocycles. The number of likely N-dealkylation sites (tertiary alicyclic amines) is 1. The van der Waals surface area contributed by atoms with Crippen LogP contribution in [0.3, 0.4) is 0 Å². The van der Waals surface area contributed by atoms with Crippen LogP contribution < -0.4 is 10.1 Å². The van der Waals surface area contributed by atoms with E-state index in [1.165, 1.54) is 49.2 Å². The fourth-order valence-electron chi connectivity index (χ4n) is 3.92. The van der Waals surface area contributed by atoms with E-state index in [0.29, 0.717) is 6.04 Å². The van der Waals surface area contributed by atoms with E-state index in [2.05, 4.69) is 53.4 Å². The zero-order valence-corrected chi connectivity index (χ0v) is 16.6. The summed E-state index contributed by atoms with van der Waals surface area (Å²) in [4.78, 5) is 2.63. The van der Waals surface area contributed by atoms with Crippen LogP contribution in [0.15, 0.2) is 24.3 Å². The fourth-order valence-corrected chi connectivity index (χ4v) is 3.92. The molecule has 0 spiro atoms. The molecule has 0 saturated carbocycles. The van der Waals surface area contributed by atoms with Crippen molar-refractivity contribution in [1.82, 2.24) is 20.0 Å². The first-order chi connectivity index (χ1) is 12.6. The summed E-state index contributed by atoms with van der Waals surface area (Å²) in [5.74, 6) is 0.917. The summed E-state index contributed by atoms with van der Waals surface area (Å²) >= 11 is 0. The Hall–Kier alpha value is -1.85. The van der Waals surface area contributed by atoms with Gasteiger partial charge in [-0.25, -0.2) is 0 Å². The molecule has 0 bridgehead atoms. The summed E-state index contributed by atoms with van der Waals surface area (Å²) in [6, 6.07) is 8.96. The Bertz CT molecular complexity index is 702. The standard InChI is InChI=1S/C21H32N4O/c1-16-20(17(2)24(3)23-16)14-22-15-21(25-12-6-5-7-13-25)18-8-10-19(26-4)11-9-18/h8-11,21-22H,5-7,12-15H2,1-4H3/t21-/m0/s1. The third kappa shape index (κ3) is 4.27. The number of ether oxygens (including phenoxy) is 1. The largest absolute Gasteiger partial charge is 0.497 e. The second-order valence-electron chi connectivity index (χ2n) is 7.29. The SMILES string of the molecule is COc1ccc([C@H](CNCc2c(C)nn(C)c2C)N2CCCCC2)cc1. The van der Waals surface area contributed by atoms with E-state index in [9.17, 15) is 0 Å². The van der Waals surface area contributed by atoms with E-state index in [-0.39, 0.29) is 0 Å². The monoisotopic (exact) mass is 356 g/mol. The van der Waals surface area contributed by atoms with Gasteiger partial charge in [-0.2, -0.15) is 5.10 Å². The van der Waals surface area contributed by atoms with Gasteiger partial charge in [0.1, 0.15) is 5.75 Å². The van der Waals surface area contributed by atoms with Crippen LogP contribution in [0.25, 0.3) is 0 Å². The van der Waals surface area contributed by atoms with Crippen LogP contribution in [-0.4, -0.2) is 41.4 Å². The first kappa shape index (κ1) is 18.9. The molecule has 0 unspecified atom stereocenters. The van der Waals surface area contributed by atoms with Crippen molar-refractivity contribution in [3.63, 3.8) is 0 Å². The van der Waals surface area contributed by atoms with Gasteiger partial charge in [0, 0.05) is 37.4 Å². The summed E-state index contributed by atoms with van der Waals surface area (Å²) in [6.07, 6.45) is 3.95. The van der Waals surface area contributed by atoms with E-state index in [0.717, 1.165) is 24.5 Å². The van der Waals surface area contributed by atoms with Crippen LogP contribution in [0, 0.1) is 13.8 Å². The van der Waals surface area contributed by atoms with Crippen molar-refractivity contribution in [2.24, 2.45) is 7.05 Å². The van der Waals surface area contributed by atoms with Gasteiger partial charge in [0.2, 0.25) is 0 Å². The highest BCUT2D eigenvalue weighted by atomic mass is 16.5. The topological polar surface area (TPSA) is 42.3 Å². The minimum atomic E-state index is 0.401. The zero-order chi connectivity index (χ0) is 18.5. The second kappa shape index (κ2) is 8.69. The Morgan fingerprint density at radius 3 is 2.38 bits per heavy atom. The third-order valence-electron chi connectivity index (χ3n) is 5.63. The number of hydrogen-bond acceptors (Lipinski definition) is 4. The average Bonchev–Trinajstić information content (AvgIpc) is 2.92. The zero-order valence-electron chi connectivity index (χ0n) is 16.6. The van der Waals surface area contributed by atoms with Crippen molar-refractivity contribution in [3.8, 4) is 5.75 Å². The molecule has 3 rings (SSSR count). The normalized spacial score (nSPS) is 16.6. The quantitative estimate of drug-likeness (QED) is 0.826. The number of methoxy groups -OCH3 is 1. The molecule has 0 radical (unpaired) electrons. The molecule has 0 aliphatic carbocycles. The number of nitrogens with one attached hydrogen (secondary N) is 1. The molecule has 1 aromatic heterocycles. The van der Waals surface area contributed by atoms with Gasteiger partial charge in [-0.3, -0.25) is 9.58 Å². The number of rotatable bonds is 7. The minimum Gasteiger partial charge on any atom is -0.497 e. The lowest BCUT2D eigenvalue weighted by Gasteiger charge is -2.35. The van der Waals surface area contributed by atoms with Gasteiger partial charge in [0.25, 0.3) is 0 Å². The lowest BCUT2D eigenvalue weighted by atomic mass is 10.0. The number of aryl methyl sites for hydroxylation is 2. The van der Waals surface area contributed by atoms with Gasteiger partial charge in [-0.1, -0.05) is 18.6 Å². The predicted octanol–water partition coefficient (Wildman–Crippen LogP) is 3.36. The first-order valence-corrected chi connectivity index (χ1v) is 9.68. The van der Waals surface area contributed by atoms with Crippen LogP contribution in [0.2, 0.25) is 0 Å². The highest BCUT2D eigenvalue weighted by Crippen LogP contribution is 2.26. The predicted molar refractivity (Wildman–Crippen MR) is 106 cm³/mol. The lowest BCUT2D eigenvalue weighted by molar-refractivity contribution is 0.160. The number of aromatic nitrogens is 2. The molecule has 1 N–H and O–H groups in total. The summed E-state index contributed by atoms with van der Waals surface area (Å²) in [6.45, 7) is 8.41. The van der Waals surface area contributed by atoms with Crippen molar-refractivity contribution in [2.75, 3.05) is 26.7 Å². The number of benzene rings is 1. The van der Waals surface area contributed by atoms with Gasteiger partial charge in [0.15, 0.2) is 0 Å². The van der Waals surface area contributed by atoms with Crippen molar-refractivity contribution < 1.29 is 4.74 Å². The lowest BCUT2D eigenvalue weighted by Crippen LogP contribution is -2.39.